The van der Waals surface area contributed by atoms with Crippen LogP contribution in [0.4, 0.5) is 0 Å². The summed E-state index contributed by atoms with van der Waals surface area (Å²) in [6, 6.07) is 14.1. The molecule has 0 atom stereocenters. The van der Waals surface area contributed by atoms with E-state index in [1.807, 2.05) is 6.07 Å². The molecule has 0 saturated carbocycles. The summed E-state index contributed by atoms with van der Waals surface area (Å²) in [5.41, 5.74) is 5.16. The zero-order valence-electron chi connectivity index (χ0n) is 13.9. The lowest BCUT2D eigenvalue weighted by atomic mass is 10.0. The van der Waals surface area contributed by atoms with Crippen molar-refractivity contribution in [2.75, 3.05) is 0 Å². The van der Waals surface area contributed by atoms with Crippen LogP contribution in [0.25, 0.3) is 0 Å². The van der Waals surface area contributed by atoms with Crippen LogP contribution in [0, 0.1) is 13.8 Å². The van der Waals surface area contributed by atoms with E-state index in [-0.39, 0.29) is 0 Å². The van der Waals surface area contributed by atoms with Crippen LogP contribution >= 0.6 is 0 Å². The minimum Gasteiger partial charge on any atom is -0.508 e. The highest BCUT2D eigenvalue weighted by molar-refractivity contribution is 6.53. The Morgan fingerprint density at radius 3 is 2.36 bits per heavy atom. The number of aromatic hydroxyl groups is 1. The molecule has 0 unspecified atom stereocenters. The first-order valence-corrected chi connectivity index (χ1v) is 9.42. The molecule has 0 spiro atoms. The largest absolute Gasteiger partial charge is 0.508 e. The summed E-state index contributed by atoms with van der Waals surface area (Å²) in [6.45, 7) is 6.52. The van der Waals surface area contributed by atoms with E-state index < -0.39 is 0 Å². The molecule has 2 heteroatoms. The summed E-state index contributed by atoms with van der Waals surface area (Å²) < 4.78 is 0. The first-order chi connectivity index (χ1) is 10.6. The molecule has 1 N–H and O–H groups in total. The van der Waals surface area contributed by atoms with Crippen molar-refractivity contribution < 1.29 is 5.11 Å². The Labute approximate surface area is 137 Å². The molecule has 1 nitrogen and oxygen atoms in total. The summed E-state index contributed by atoms with van der Waals surface area (Å²) >= 11 is 0. The average Bonchev–Trinajstić information content (AvgIpc) is 2.46. The Morgan fingerprint density at radius 1 is 0.955 bits per heavy atom. The van der Waals surface area contributed by atoms with Crippen molar-refractivity contribution in [2.45, 2.75) is 52.5 Å². The number of phenolic OH excluding ortho intramolecular Hbond substituents is 1. The predicted molar refractivity (Wildman–Crippen MR) is 96.5 cm³/mol. The van der Waals surface area contributed by atoms with Crippen molar-refractivity contribution in [1.29, 1.82) is 0 Å². The van der Waals surface area contributed by atoms with Gasteiger partial charge in [0.25, 0.3) is 0 Å². The van der Waals surface area contributed by atoms with E-state index in [9.17, 15) is 5.11 Å². The van der Waals surface area contributed by atoms with Gasteiger partial charge in [0.05, 0.1) is 9.52 Å². The molecule has 0 aliphatic rings. The Bertz CT molecular complexity index is 599. The van der Waals surface area contributed by atoms with Gasteiger partial charge in [-0.2, -0.15) is 0 Å². The van der Waals surface area contributed by atoms with Crippen LogP contribution in [0.15, 0.2) is 36.4 Å². The highest BCUT2D eigenvalue weighted by atomic mass is 28.2. The summed E-state index contributed by atoms with van der Waals surface area (Å²) in [4.78, 5) is 0. The van der Waals surface area contributed by atoms with Crippen molar-refractivity contribution in [1.82, 2.24) is 0 Å². The van der Waals surface area contributed by atoms with Crippen LogP contribution in [-0.4, -0.2) is 14.6 Å². The van der Waals surface area contributed by atoms with Crippen LogP contribution < -0.4 is 5.19 Å². The van der Waals surface area contributed by atoms with Crippen LogP contribution in [0.5, 0.6) is 5.75 Å². The third-order valence-corrected chi connectivity index (χ3v) is 5.10. The molecular weight excluding hydrogens is 284 g/mol. The fourth-order valence-electron chi connectivity index (χ4n) is 2.79. The van der Waals surface area contributed by atoms with Gasteiger partial charge in [0, 0.05) is 0 Å². The highest BCUT2D eigenvalue weighted by Crippen LogP contribution is 2.21. The molecule has 0 fully saturated rings. The number of phenols is 1. The van der Waals surface area contributed by atoms with Gasteiger partial charge in [-0.05, 0) is 50.3 Å². The Kier molecular flexibility index (Phi) is 6.26. The predicted octanol–water partition coefficient (Wildman–Crippen LogP) is 4.34. The standard InChI is InChI=1S/C20H26OSi/c1-4-5-6-18-14-17(7-8-20(18)21)9-10-22-19-12-15(2)11-16(3)13-19/h7-8,11-14,21H,4-6,9-10H2,1-3H3. The van der Waals surface area contributed by atoms with Gasteiger partial charge in [-0.25, -0.2) is 0 Å². The van der Waals surface area contributed by atoms with Crippen molar-refractivity contribution >= 4 is 14.7 Å². The van der Waals surface area contributed by atoms with Gasteiger partial charge < -0.3 is 5.11 Å². The van der Waals surface area contributed by atoms with Crippen LogP contribution in [0.2, 0.25) is 6.04 Å². The van der Waals surface area contributed by atoms with E-state index in [0.717, 1.165) is 40.8 Å². The lowest BCUT2D eigenvalue weighted by Gasteiger charge is -2.08. The second kappa shape index (κ2) is 8.18. The van der Waals surface area contributed by atoms with Crippen molar-refractivity contribution in [3.8, 4) is 5.75 Å². The SMILES string of the molecule is CCCCc1cc(CC[Si]c2cc(C)cc(C)c2)ccc1O. The smallest absolute Gasteiger partial charge is 0.118 e. The van der Waals surface area contributed by atoms with Crippen LogP contribution in [-0.2, 0) is 12.8 Å². The Balaban J connectivity index is 1.93. The maximum atomic E-state index is 9.93. The monoisotopic (exact) mass is 310 g/mol. The first kappa shape index (κ1) is 16.8. The maximum absolute atomic E-state index is 9.93. The molecule has 0 heterocycles. The fourth-order valence-corrected chi connectivity index (χ4v) is 4.15. The number of hydrogen-bond acceptors (Lipinski definition) is 1. The number of rotatable bonds is 7. The second-order valence-electron chi connectivity index (χ2n) is 6.12. The van der Waals surface area contributed by atoms with Gasteiger partial charge in [0.15, 0.2) is 0 Å². The molecule has 2 aromatic carbocycles. The van der Waals surface area contributed by atoms with Crippen LogP contribution in [0.1, 0.15) is 42.0 Å². The van der Waals surface area contributed by atoms with E-state index in [1.54, 1.807) is 0 Å². The van der Waals surface area contributed by atoms with Gasteiger partial charge in [-0.15, -0.1) is 0 Å². The van der Waals surface area contributed by atoms with Gasteiger partial charge in [0.1, 0.15) is 5.75 Å². The topological polar surface area (TPSA) is 20.2 Å². The molecular formula is C20H26OSi. The fraction of sp³-hybridized carbons (Fsp3) is 0.400. The zero-order chi connectivity index (χ0) is 15.9. The van der Waals surface area contributed by atoms with Gasteiger partial charge in [0.2, 0.25) is 0 Å². The molecule has 0 amide bonds. The number of unbranched alkanes of at least 4 members (excludes halogenated alkanes) is 1. The lowest BCUT2D eigenvalue weighted by Crippen LogP contribution is -2.15. The van der Waals surface area contributed by atoms with Crippen molar-refractivity contribution in [3.63, 3.8) is 0 Å². The summed E-state index contributed by atoms with van der Waals surface area (Å²) in [5.74, 6) is 0.453. The summed E-state index contributed by atoms with van der Waals surface area (Å²) in [5, 5.41) is 11.4. The van der Waals surface area contributed by atoms with Crippen molar-refractivity contribution in [3.05, 3.63) is 58.7 Å². The second-order valence-corrected chi connectivity index (χ2v) is 7.55. The van der Waals surface area contributed by atoms with E-state index in [1.165, 1.54) is 27.9 Å². The molecule has 0 aliphatic carbocycles. The molecule has 0 bridgehead atoms. The Morgan fingerprint density at radius 2 is 1.68 bits per heavy atom. The highest BCUT2D eigenvalue weighted by Gasteiger charge is 2.04. The van der Waals surface area contributed by atoms with Crippen LogP contribution in [0.3, 0.4) is 0 Å². The minimum atomic E-state index is 0.453. The third kappa shape index (κ3) is 5.02. The molecule has 22 heavy (non-hydrogen) atoms. The number of benzene rings is 2. The molecule has 0 aliphatic heterocycles. The lowest BCUT2D eigenvalue weighted by molar-refractivity contribution is 0.466. The quantitative estimate of drug-likeness (QED) is 0.754. The molecule has 0 aromatic heterocycles. The molecule has 0 saturated heterocycles. The minimum absolute atomic E-state index is 0.453. The van der Waals surface area contributed by atoms with Gasteiger partial charge in [-0.3, -0.25) is 0 Å². The van der Waals surface area contributed by atoms with Gasteiger partial charge >= 0.3 is 0 Å². The zero-order valence-corrected chi connectivity index (χ0v) is 14.9. The molecule has 116 valence electrons. The molecule has 2 aromatic rings. The number of aryl methyl sites for hydroxylation is 4. The normalized spacial score (nSPS) is 10.9. The van der Waals surface area contributed by atoms with E-state index in [2.05, 4.69) is 51.1 Å². The Hall–Kier alpha value is -1.54. The average molecular weight is 311 g/mol. The van der Waals surface area contributed by atoms with E-state index in [4.69, 9.17) is 0 Å². The van der Waals surface area contributed by atoms with E-state index in [0.29, 0.717) is 5.75 Å². The maximum Gasteiger partial charge on any atom is 0.118 e. The third-order valence-electron chi connectivity index (χ3n) is 3.91. The molecule has 2 radical (unpaired) electrons. The molecule has 2 rings (SSSR count). The van der Waals surface area contributed by atoms with Crippen molar-refractivity contribution in [2.24, 2.45) is 0 Å². The summed E-state index contributed by atoms with van der Waals surface area (Å²) in [7, 11) is 0.855. The first-order valence-electron chi connectivity index (χ1n) is 8.21. The number of hydrogen-bond donors (Lipinski definition) is 1. The van der Waals surface area contributed by atoms with E-state index >= 15 is 0 Å². The van der Waals surface area contributed by atoms with Gasteiger partial charge in [-0.1, -0.05) is 66.0 Å². The summed E-state index contributed by atoms with van der Waals surface area (Å²) in [6.07, 6.45) is 4.37.